The van der Waals surface area contributed by atoms with E-state index in [1.54, 1.807) is 12.1 Å². The van der Waals surface area contributed by atoms with E-state index >= 15 is 0 Å². The highest BCUT2D eigenvalue weighted by atomic mass is 16.4. The predicted octanol–water partition coefficient (Wildman–Crippen LogP) is 4.31. The fourth-order valence-corrected chi connectivity index (χ4v) is 3.96. The Kier molecular flexibility index (Phi) is 5.40. The first-order valence-electron chi connectivity index (χ1n) is 10.2. The van der Waals surface area contributed by atoms with Crippen molar-refractivity contribution in [1.82, 2.24) is 10.3 Å². The summed E-state index contributed by atoms with van der Waals surface area (Å²) in [5.74, 6) is -1.59. The number of benzene rings is 2. The molecule has 162 valence electrons. The Morgan fingerprint density at radius 2 is 1.81 bits per heavy atom. The molecule has 1 atom stereocenters. The molecule has 7 heteroatoms. The number of carboxylic acids is 1. The van der Waals surface area contributed by atoms with Crippen LogP contribution in [0.2, 0.25) is 0 Å². The number of hydrogen-bond donors (Lipinski definition) is 4. The molecule has 2 heterocycles. The van der Waals surface area contributed by atoms with Gasteiger partial charge >= 0.3 is 5.97 Å². The molecule has 0 bridgehead atoms. The smallest absolute Gasteiger partial charge is 0.335 e. The van der Waals surface area contributed by atoms with Gasteiger partial charge in [-0.15, -0.1) is 0 Å². The number of hydrogen-bond acceptors (Lipinski definition) is 3. The molecule has 4 rings (SSSR count). The maximum Gasteiger partial charge on any atom is 0.335 e. The summed E-state index contributed by atoms with van der Waals surface area (Å²) in [5, 5.41) is 15.1. The van der Waals surface area contributed by atoms with E-state index in [9.17, 15) is 19.5 Å². The third-order valence-corrected chi connectivity index (χ3v) is 5.69. The van der Waals surface area contributed by atoms with E-state index in [0.29, 0.717) is 39.3 Å². The number of rotatable bonds is 5. The highest BCUT2D eigenvalue weighted by molar-refractivity contribution is 6.35. The normalized spacial score (nSPS) is 14.7. The number of anilines is 1. The van der Waals surface area contributed by atoms with Crippen molar-refractivity contribution in [2.45, 2.75) is 26.8 Å². The van der Waals surface area contributed by atoms with Gasteiger partial charge in [0, 0.05) is 22.6 Å². The minimum Gasteiger partial charge on any atom is -0.478 e. The van der Waals surface area contributed by atoms with Gasteiger partial charge in [0.05, 0.1) is 22.7 Å². The lowest BCUT2D eigenvalue weighted by Gasteiger charge is -2.14. The molecule has 0 saturated heterocycles. The average Bonchev–Trinajstić information content (AvgIpc) is 3.23. The van der Waals surface area contributed by atoms with Crippen molar-refractivity contribution < 1.29 is 19.5 Å². The molecule has 0 saturated carbocycles. The number of aryl methyl sites for hydroxylation is 1. The topological polar surface area (TPSA) is 111 Å². The van der Waals surface area contributed by atoms with Gasteiger partial charge in [0.1, 0.15) is 0 Å². The number of H-pyrrole nitrogens is 1. The number of aromatic amines is 1. The number of carboxylic acid groups (broad SMARTS) is 1. The number of fused-ring (bicyclic) bond motifs is 1. The van der Waals surface area contributed by atoms with Crippen molar-refractivity contribution >= 4 is 35.1 Å². The third-order valence-electron chi connectivity index (χ3n) is 5.69. The minimum absolute atomic E-state index is 0.0977. The van der Waals surface area contributed by atoms with Crippen LogP contribution in [0, 0.1) is 13.8 Å². The second-order valence-electron chi connectivity index (χ2n) is 7.85. The zero-order chi connectivity index (χ0) is 23.0. The maximum atomic E-state index is 13.0. The summed E-state index contributed by atoms with van der Waals surface area (Å²) >= 11 is 0. The first-order valence-corrected chi connectivity index (χ1v) is 10.2. The molecule has 1 unspecified atom stereocenters. The summed E-state index contributed by atoms with van der Waals surface area (Å²) in [7, 11) is 0. The number of amides is 2. The highest BCUT2D eigenvalue weighted by Gasteiger charge is 2.27. The summed E-state index contributed by atoms with van der Waals surface area (Å²) in [6.45, 7) is 5.55. The third kappa shape index (κ3) is 3.80. The molecule has 32 heavy (non-hydrogen) atoms. The van der Waals surface area contributed by atoms with Gasteiger partial charge in [-0.05, 0) is 56.2 Å². The van der Waals surface area contributed by atoms with Crippen molar-refractivity contribution in [2.24, 2.45) is 0 Å². The molecule has 1 aliphatic rings. The summed E-state index contributed by atoms with van der Waals surface area (Å²) in [4.78, 5) is 40.1. The van der Waals surface area contributed by atoms with Crippen LogP contribution in [0.5, 0.6) is 0 Å². The van der Waals surface area contributed by atoms with E-state index in [1.807, 2.05) is 51.1 Å². The number of aromatic carboxylic acids is 1. The zero-order valence-corrected chi connectivity index (χ0v) is 17.9. The monoisotopic (exact) mass is 429 g/mol. The van der Waals surface area contributed by atoms with E-state index in [0.717, 1.165) is 5.56 Å². The second-order valence-corrected chi connectivity index (χ2v) is 7.85. The number of carbonyl (C=O) groups excluding carboxylic acids is 2. The van der Waals surface area contributed by atoms with Crippen LogP contribution in [0.1, 0.15) is 61.8 Å². The van der Waals surface area contributed by atoms with E-state index in [1.165, 1.54) is 12.1 Å². The van der Waals surface area contributed by atoms with Gasteiger partial charge in [0.2, 0.25) is 0 Å². The van der Waals surface area contributed by atoms with Crippen LogP contribution >= 0.6 is 0 Å². The Morgan fingerprint density at radius 3 is 2.50 bits per heavy atom. The van der Waals surface area contributed by atoms with Gasteiger partial charge in [-0.1, -0.05) is 30.3 Å². The zero-order valence-electron chi connectivity index (χ0n) is 17.9. The lowest BCUT2D eigenvalue weighted by Crippen LogP contribution is -2.27. The van der Waals surface area contributed by atoms with E-state index in [-0.39, 0.29) is 23.4 Å². The fraction of sp³-hybridized carbons (Fsp3) is 0.160. The van der Waals surface area contributed by atoms with Crippen LogP contribution < -0.4 is 10.6 Å². The van der Waals surface area contributed by atoms with E-state index in [4.69, 9.17) is 0 Å². The summed E-state index contributed by atoms with van der Waals surface area (Å²) < 4.78 is 0. The van der Waals surface area contributed by atoms with Crippen molar-refractivity contribution in [3.63, 3.8) is 0 Å². The molecule has 0 aliphatic carbocycles. The molecule has 7 nitrogen and oxygen atoms in total. The Hall–Kier alpha value is -4.13. The van der Waals surface area contributed by atoms with Gasteiger partial charge in [-0.2, -0.15) is 0 Å². The van der Waals surface area contributed by atoms with Crippen molar-refractivity contribution in [1.29, 1.82) is 0 Å². The minimum atomic E-state index is -1.06. The molecule has 2 aromatic carbocycles. The molecule has 1 aromatic heterocycles. The molecule has 0 spiro atoms. The standard InChI is InChI=1S/C25H23N3O4/c1-13-21(12-19-18-11-17(25(31)32)9-10-20(18)28-23(19)29)26-15(3)22(13)24(30)27-14(2)16-7-5-4-6-8-16/h4-12,14,26H,1-3H3,(H,27,30)(H,28,29)(H,31,32)/b19-12-. The first kappa shape index (κ1) is 21.1. The first-order chi connectivity index (χ1) is 15.3. The fourth-order valence-electron chi connectivity index (χ4n) is 3.96. The summed E-state index contributed by atoms with van der Waals surface area (Å²) in [6, 6.07) is 14.0. The van der Waals surface area contributed by atoms with Crippen molar-refractivity contribution in [2.75, 3.05) is 5.32 Å². The van der Waals surface area contributed by atoms with Gasteiger partial charge in [-0.25, -0.2) is 4.79 Å². The van der Waals surface area contributed by atoms with Crippen molar-refractivity contribution in [3.05, 3.63) is 87.7 Å². The predicted molar refractivity (Wildman–Crippen MR) is 122 cm³/mol. The molecular weight excluding hydrogens is 406 g/mol. The van der Waals surface area contributed by atoms with E-state index in [2.05, 4.69) is 15.6 Å². The van der Waals surface area contributed by atoms with Crippen LogP contribution in [0.4, 0.5) is 5.69 Å². The molecule has 0 fully saturated rings. The molecule has 2 amide bonds. The van der Waals surface area contributed by atoms with Crippen molar-refractivity contribution in [3.8, 4) is 0 Å². The molecule has 1 aliphatic heterocycles. The molecular formula is C25H23N3O4. The SMILES string of the molecule is Cc1[nH]c(/C=C2\C(=O)Nc3ccc(C(=O)O)cc32)c(C)c1C(=O)NC(C)c1ccccc1. The summed E-state index contributed by atoms with van der Waals surface area (Å²) in [6.07, 6.45) is 1.66. The maximum absolute atomic E-state index is 13.0. The lowest BCUT2D eigenvalue weighted by atomic mass is 10.0. The van der Waals surface area contributed by atoms with Crippen LogP contribution in [-0.4, -0.2) is 27.9 Å². The highest BCUT2D eigenvalue weighted by Crippen LogP contribution is 2.34. The van der Waals surface area contributed by atoms with Gasteiger partial charge in [-0.3, -0.25) is 9.59 Å². The average molecular weight is 429 g/mol. The van der Waals surface area contributed by atoms with Crippen LogP contribution in [0.25, 0.3) is 11.6 Å². The second kappa shape index (κ2) is 8.19. The Morgan fingerprint density at radius 1 is 1.09 bits per heavy atom. The number of aromatic nitrogens is 1. The number of carbonyl (C=O) groups is 3. The summed E-state index contributed by atoms with van der Waals surface area (Å²) in [5.41, 5.74) is 5.07. The Labute approximate surface area is 185 Å². The molecule has 0 radical (unpaired) electrons. The van der Waals surface area contributed by atoms with Gasteiger partial charge in [0.25, 0.3) is 11.8 Å². The largest absolute Gasteiger partial charge is 0.478 e. The molecule has 4 N–H and O–H groups in total. The van der Waals surface area contributed by atoms with Crippen LogP contribution in [-0.2, 0) is 4.79 Å². The quantitative estimate of drug-likeness (QED) is 0.453. The molecule has 3 aromatic rings. The van der Waals surface area contributed by atoms with Crippen LogP contribution in [0.3, 0.4) is 0 Å². The number of nitrogens with one attached hydrogen (secondary N) is 3. The van der Waals surface area contributed by atoms with Gasteiger partial charge < -0.3 is 20.7 Å². The lowest BCUT2D eigenvalue weighted by molar-refractivity contribution is -0.110. The van der Waals surface area contributed by atoms with Gasteiger partial charge in [0.15, 0.2) is 0 Å². The Balaban J connectivity index is 1.66. The van der Waals surface area contributed by atoms with Crippen LogP contribution in [0.15, 0.2) is 48.5 Å². The van der Waals surface area contributed by atoms with E-state index < -0.39 is 5.97 Å². The Bertz CT molecular complexity index is 1270.